The van der Waals surface area contributed by atoms with Crippen molar-refractivity contribution in [2.75, 3.05) is 5.32 Å². The number of anilines is 1. The van der Waals surface area contributed by atoms with Gasteiger partial charge in [-0.15, -0.1) is 11.3 Å². The van der Waals surface area contributed by atoms with E-state index in [-0.39, 0.29) is 5.91 Å². The van der Waals surface area contributed by atoms with E-state index in [2.05, 4.69) is 10.3 Å². The Kier molecular flexibility index (Phi) is 3.96. The molecule has 0 saturated carbocycles. The Morgan fingerprint density at radius 3 is 3.14 bits per heavy atom. The van der Waals surface area contributed by atoms with E-state index in [1.807, 2.05) is 11.6 Å². The molecule has 3 aromatic rings. The summed E-state index contributed by atoms with van der Waals surface area (Å²) in [6, 6.07) is 4.24. The highest BCUT2D eigenvalue weighted by molar-refractivity contribution is 7.15. The number of halogens is 2. The molecule has 0 aliphatic carbocycles. The summed E-state index contributed by atoms with van der Waals surface area (Å²) < 4.78 is 15.0. The molecule has 0 bridgehead atoms. The highest BCUT2D eigenvalue weighted by Gasteiger charge is 2.09. The van der Waals surface area contributed by atoms with Gasteiger partial charge in [-0.2, -0.15) is 0 Å². The zero-order valence-corrected chi connectivity index (χ0v) is 13.1. The van der Waals surface area contributed by atoms with E-state index in [0.717, 1.165) is 10.5 Å². The van der Waals surface area contributed by atoms with Gasteiger partial charge in [0.1, 0.15) is 5.82 Å². The number of imidazole rings is 1. The molecular weight excluding hydrogens is 325 g/mol. The third-order valence-electron chi connectivity index (χ3n) is 3.10. The SMILES string of the molecule is Cc1ccc(F)cc1NC(=O)/C=C/c1c(Cl)nc2sccn12. The van der Waals surface area contributed by atoms with Crippen LogP contribution in [0.5, 0.6) is 0 Å². The van der Waals surface area contributed by atoms with Crippen LogP contribution in [0.2, 0.25) is 5.15 Å². The van der Waals surface area contributed by atoms with Gasteiger partial charge in [0.15, 0.2) is 10.1 Å². The molecule has 2 heterocycles. The Morgan fingerprint density at radius 2 is 2.32 bits per heavy atom. The Balaban J connectivity index is 1.80. The smallest absolute Gasteiger partial charge is 0.248 e. The molecule has 112 valence electrons. The summed E-state index contributed by atoms with van der Waals surface area (Å²) in [6.45, 7) is 1.79. The minimum Gasteiger partial charge on any atom is -0.322 e. The second kappa shape index (κ2) is 5.90. The van der Waals surface area contributed by atoms with Crippen LogP contribution in [-0.2, 0) is 4.79 Å². The zero-order valence-electron chi connectivity index (χ0n) is 11.5. The van der Waals surface area contributed by atoms with Gasteiger partial charge >= 0.3 is 0 Å². The molecule has 0 unspecified atom stereocenters. The molecule has 0 aliphatic heterocycles. The van der Waals surface area contributed by atoms with Gasteiger partial charge in [0.25, 0.3) is 0 Å². The number of carbonyl (C=O) groups is 1. The lowest BCUT2D eigenvalue weighted by Gasteiger charge is -2.06. The summed E-state index contributed by atoms with van der Waals surface area (Å²) in [7, 11) is 0. The molecule has 0 radical (unpaired) electrons. The third kappa shape index (κ3) is 2.88. The first-order valence-corrected chi connectivity index (χ1v) is 7.66. The van der Waals surface area contributed by atoms with Gasteiger partial charge in [-0.3, -0.25) is 9.20 Å². The van der Waals surface area contributed by atoms with Crippen LogP contribution in [0.1, 0.15) is 11.3 Å². The van der Waals surface area contributed by atoms with E-state index in [0.29, 0.717) is 16.5 Å². The second-order valence-electron chi connectivity index (χ2n) is 4.63. The number of thiazole rings is 1. The maximum absolute atomic E-state index is 13.2. The van der Waals surface area contributed by atoms with E-state index in [1.165, 1.54) is 29.5 Å². The fraction of sp³-hybridized carbons (Fsp3) is 0.0667. The number of aromatic nitrogens is 2. The van der Waals surface area contributed by atoms with Gasteiger partial charge in [0.2, 0.25) is 5.91 Å². The Hall–Kier alpha value is -2.18. The first-order valence-electron chi connectivity index (χ1n) is 6.41. The number of amides is 1. The van der Waals surface area contributed by atoms with E-state index < -0.39 is 5.82 Å². The maximum Gasteiger partial charge on any atom is 0.248 e. The predicted octanol–water partition coefficient (Wildman–Crippen LogP) is 4.15. The first kappa shape index (κ1) is 14.7. The van der Waals surface area contributed by atoms with Crippen LogP contribution in [0, 0.1) is 12.7 Å². The molecule has 2 aromatic heterocycles. The van der Waals surface area contributed by atoms with E-state index in [4.69, 9.17) is 11.6 Å². The van der Waals surface area contributed by atoms with Crippen molar-refractivity contribution < 1.29 is 9.18 Å². The van der Waals surface area contributed by atoms with Gasteiger partial charge in [0.05, 0.1) is 5.69 Å². The van der Waals surface area contributed by atoms with Crippen LogP contribution in [0.3, 0.4) is 0 Å². The summed E-state index contributed by atoms with van der Waals surface area (Å²) >= 11 is 7.49. The van der Waals surface area contributed by atoms with Crippen molar-refractivity contribution in [3.8, 4) is 0 Å². The van der Waals surface area contributed by atoms with Gasteiger partial charge in [-0.25, -0.2) is 9.37 Å². The third-order valence-corrected chi connectivity index (χ3v) is 4.14. The van der Waals surface area contributed by atoms with Crippen molar-refractivity contribution in [3.63, 3.8) is 0 Å². The number of rotatable bonds is 3. The van der Waals surface area contributed by atoms with Crippen LogP contribution >= 0.6 is 22.9 Å². The average Bonchev–Trinajstić information content (AvgIpc) is 3.01. The molecule has 0 aliphatic rings. The number of aryl methyl sites for hydroxylation is 1. The molecule has 7 heteroatoms. The highest BCUT2D eigenvalue weighted by atomic mass is 35.5. The average molecular weight is 336 g/mol. The normalized spacial score (nSPS) is 11.4. The van der Waals surface area contributed by atoms with Crippen LogP contribution in [-0.4, -0.2) is 15.3 Å². The number of nitrogens with one attached hydrogen (secondary N) is 1. The fourth-order valence-electron chi connectivity index (χ4n) is 1.98. The number of nitrogens with zero attached hydrogens (tertiary/aromatic N) is 2. The Bertz CT molecular complexity index is 884. The van der Waals surface area contributed by atoms with Crippen molar-refractivity contribution >= 4 is 45.6 Å². The van der Waals surface area contributed by atoms with Crippen LogP contribution in [0.4, 0.5) is 10.1 Å². The number of carbonyl (C=O) groups excluding carboxylic acids is 1. The Morgan fingerprint density at radius 1 is 1.50 bits per heavy atom. The van der Waals surface area contributed by atoms with Crippen LogP contribution < -0.4 is 5.32 Å². The summed E-state index contributed by atoms with van der Waals surface area (Å²) in [5, 5.41) is 4.85. The minimum atomic E-state index is -0.399. The number of hydrogen-bond donors (Lipinski definition) is 1. The van der Waals surface area contributed by atoms with Crippen molar-refractivity contribution in [1.29, 1.82) is 0 Å². The van der Waals surface area contributed by atoms with Gasteiger partial charge in [-0.05, 0) is 30.7 Å². The standard InChI is InChI=1S/C15H11ClFN3OS/c1-9-2-3-10(17)8-11(9)18-13(21)5-4-12-14(16)19-15-20(12)6-7-22-15/h2-8H,1H3,(H,18,21)/b5-4+. The molecule has 22 heavy (non-hydrogen) atoms. The molecule has 1 N–H and O–H groups in total. The monoisotopic (exact) mass is 335 g/mol. The van der Waals surface area contributed by atoms with Crippen LogP contribution in [0.25, 0.3) is 11.0 Å². The first-order chi connectivity index (χ1) is 10.5. The molecule has 0 spiro atoms. The number of hydrogen-bond acceptors (Lipinski definition) is 3. The molecule has 1 aromatic carbocycles. The summed E-state index contributed by atoms with van der Waals surface area (Å²) in [5.74, 6) is -0.765. The van der Waals surface area contributed by atoms with Crippen molar-refractivity contribution in [2.24, 2.45) is 0 Å². The van der Waals surface area contributed by atoms with Gasteiger partial charge < -0.3 is 5.32 Å². The second-order valence-corrected chi connectivity index (χ2v) is 5.86. The van der Waals surface area contributed by atoms with E-state index in [1.54, 1.807) is 23.5 Å². The number of benzene rings is 1. The molecule has 0 saturated heterocycles. The lowest BCUT2D eigenvalue weighted by Crippen LogP contribution is -2.09. The lowest BCUT2D eigenvalue weighted by atomic mass is 10.2. The summed E-state index contributed by atoms with van der Waals surface area (Å²) in [5.41, 5.74) is 1.85. The van der Waals surface area contributed by atoms with Crippen molar-refractivity contribution in [2.45, 2.75) is 6.92 Å². The maximum atomic E-state index is 13.2. The molecule has 0 fully saturated rings. The molecular formula is C15H11ClFN3OS. The van der Waals surface area contributed by atoms with Crippen LogP contribution in [0.15, 0.2) is 35.9 Å². The quantitative estimate of drug-likeness (QED) is 0.731. The largest absolute Gasteiger partial charge is 0.322 e. The van der Waals surface area contributed by atoms with Crippen molar-refractivity contribution in [3.05, 3.63) is 58.1 Å². The van der Waals surface area contributed by atoms with E-state index >= 15 is 0 Å². The lowest BCUT2D eigenvalue weighted by molar-refractivity contribution is -0.111. The zero-order chi connectivity index (χ0) is 15.7. The molecule has 4 nitrogen and oxygen atoms in total. The predicted molar refractivity (Wildman–Crippen MR) is 86.9 cm³/mol. The number of fused-ring (bicyclic) bond motifs is 1. The van der Waals surface area contributed by atoms with E-state index in [9.17, 15) is 9.18 Å². The topological polar surface area (TPSA) is 46.4 Å². The molecule has 0 atom stereocenters. The van der Waals surface area contributed by atoms with Gasteiger partial charge in [0, 0.05) is 23.3 Å². The minimum absolute atomic E-state index is 0.331. The summed E-state index contributed by atoms with van der Waals surface area (Å²) in [4.78, 5) is 16.9. The Labute approximate surface area is 134 Å². The van der Waals surface area contributed by atoms with Crippen molar-refractivity contribution in [1.82, 2.24) is 9.38 Å². The molecule has 1 amide bonds. The summed E-state index contributed by atoms with van der Waals surface area (Å²) in [6.07, 6.45) is 4.75. The fourth-order valence-corrected chi connectivity index (χ4v) is 2.99. The molecule has 3 rings (SSSR count). The van der Waals surface area contributed by atoms with Gasteiger partial charge in [-0.1, -0.05) is 17.7 Å². The highest BCUT2D eigenvalue weighted by Crippen LogP contribution is 2.22.